The average molecular weight is 403 g/mol. The fourth-order valence-electron chi connectivity index (χ4n) is 3.03. The van der Waals surface area contributed by atoms with Crippen molar-refractivity contribution < 1.29 is 9.53 Å². The first-order valence-electron chi connectivity index (χ1n) is 8.67. The molecule has 0 radical (unpaired) electrons. The second-order valence-corrected chi connectivity index (χ2v) is 7.19. The Morgan fingerprint density at radius 1 is 1.12 bits per heavy atom. The van der Waals surface area contributed by atoms with Gasteiger partial charge in [0.15, 0.2) is 0 Å². The van der Waals surface area contributed by atoms with Crippen LogP contribution in [0.5, 0.6) is 5.75 Å². The standard InChI is InChI=1S/C20H23BrN2O2/c21-17-5-4-8-19(15-17)25-14-13-23-11-9-16(10-12-23)20(24)22-18-6-2-1-3-7-18/h1-8,15-16H,9-14H2,(H,22,24). The number of amides is 1. The minimum absolute atomic E-state index is 0.0995. The van der Waals surface area contributed by atoms with E-state index in [1.807, 2.05) is 54.6 Å². The topological polar surface area (TPSA) is 41.6 Å². The van der Waals surface area contributed by atoms with Crippen molar-refractivity contribution in [2.75, 3.05) is 31.6 Å². The van der Waals surface area contributed by atoms with Gasteiger partial charge in [0.2, 0.25) is 5.91 Å². The number of ether oxygens (including phenoxy) is 1. The number of benzene rings is 2. The summed E-state index contributed by atoms with van der Waals surface area (Å²) in [4.78, 5) is 14.7. The van der Waals surface area contributed by atoms with Crippen molar-refractivity contribution in [2.24, 2.45) is 5.92 Å². The van der Waals surface area contributed by atoms with Gasteiger partial charge in [-0.2, -0.15) is 0 Å². The Balaban J connectivity index is 1.37. The van der Waals surface area contributed by atoms with E-state index in [0.717, 1.165) is 48.4 Å². The lowest BCUT2D eigenvalue weighted by Crippen LogP contribution is -2.39. The summed E-state index contributed by atoms with van der Waals surface area (Å²) in [5.41, 5.74) is 0.873. The van der Waals surface area contributed by atoms with Crippen LogP contribution in [0, 0.1) is 5.92 Å². The smallest absolute Gasteiger partial charge is 0.227 e. The van der Waals surface area contributed by atoms with Gasteiger partial charge >= 0.3 is 0 Å². The van der Waals surface area contributed by atoms with E-state index in [4.69, 9.17) is 4.74 Å². The van der Waals surface area contributed by atoms with Crippen molar-refractivity contribution in [2.45, 2.75) is 12.8 Å². The van der Waals surface area contributed by atoms with Crippen LogP contribution in [-0.4, -0.2) is 37.0 Å². The average Bonchev–Trinajstić information content (AvgIpc) is 2.63. The van der Waals surface area contributed by atoms with E-state index in [-0.39, 0.29) is 11.8 Å². The van der Waals surface area contributed by atoms with Gasteiger partial charge < -0.3 is 10.1 Å². The third-order valence-electron chi connectivity index (χ3n) is 4.47. The monoisotopic (exact) mass is 402 g/mol. The molecule has 0 unspecified atom stereocenters. The van der Waals surface area contributed by atoms with E-state index < -0.39 is 0 Å². The fourth-order valence-corrected chi connectivity index (χ4v) is 3.41. The Labute approximate surface area is 157 Å². The zero-order chi connectivity index (χ0) is 17.5. The highest BCUT2D eigenvalue weighted by molar-refractivity contribution is 9.10. The summed E-state index contributed by atoms with van der Waals surface area (Å²) in [7, 11) is 0. The SMILES string of the molecule is O=C(Nc1ccccc1)C1CCN(CCOc2cccc(Br)c2)CC1. The Hall–Kier alpha value is -1.85. The molecule has 1 aliphatic heterocycles. The lowest BCUT2D eigenvalue weighted by molar-refractivity contribution is -0.121. The molecule has 1 N–H and O–H groups in total. The Morgan fingerprint density at radius 3 is 2.60 bits per heavy atom. The second kappa shape index (κ2) is 9.02. The highest BCUT2D eigenvalue weighted by Crippen LogP contribution is 2.20. The molecule has 0 saturated carbocycles. The van der Waals surface area contributed by atoms with Gasteiger partial charge in [0, 0.05) is 22.6 Å². The summed E-state index contributed by atoms with van der Waals surface area (Å²) in [5, 5.41) is 3.01. The highest BCUT2D eigenvalue weighted by Gasteiger charge is 2.24. The van der Waals surface area contributed by atoms with Crippen molar-refractivity contribution in [3.05, 3.63) is 59.1 Å². The number of nitrogens with one attached hydrogen (secondary N) is 1. The van der Waals surface area contributed by atoms with Crippen LogP contribution in [0.2, 0.25) is 0 Å². The first kappa shape index (κ1) is 18.0. The third kappa shape index (κ3) is 5.58. The third-order valence-corrected chi connectivity index (χ3v) is 4.97. The minimum atomic E-state index is 0.0995. The molecule has 1 fully saturated rings. The molecular weight excluding hydrogens is 380 g/mol. The predicted molar refractivity (Wildman–Crippen MR) is 104 cm³/mol. The molecule has 0 aromatic heterocycles. The molecule has 0 aliphatic carbocycles. The summed E-state index contributed by atoms with van der Waals surface area (Å²) in [6, 6.07) is 17.6. The van der Waals surface area contributed by atoms with E-state index in [1.54, 1.807) is 0 Å². The molecule has 25 heavy (non-hydrogen) atoms. The van der Waals surface area contributed by atoms with Crippen LogP contribution in [-0.2, 0) is 4.79 Å². The molecule has 0 bridgehead atoms. The number of hydrogen-bond acceptors (Lipinski definition) is 3. The molecule has 2 aromatic rings. The number of rotatable bonds is 6. The van der Waals surface area contributed by atoms with Crippen molar-refractivity contribution in [3.63, 3.8) is 0 Å². The Bertz CT molecular complexity index is 685. The Morgan fingerprint density at radius 2 is 1.88 bits per heavy atom. The molecule has 132 valence electrons. The quantitative estimate of drug-likeness (QED) is 0.787. The van der Waals surface area contributed by atoms with E-state index in [2.05, 4.69) is 26.1 Å². The van der Waals surface area contributed by atoms with Gasteiger partial charge in [-0.3, -0.25) is 9.69 Å². The number of carbonyl (C=O) groups is 1. The molecule has 3 rings (SSSR count). The summed E-state index contributed by atoms with van der Waals surface area (Å²) in [6.07, 6.45) is 1.80. The molecular formula is C20H23BrN2O2. The van der Waals surface area contributed by atoms with Crippen LogP contribution < -0.4 is 10.1 Å². The minimum Gasteiger partial charge on any atom is -0.492 e. The van der Waals surface area contributed by atoms with Crippen molar-refractivity contribution in [3.8, 4) is 5.75 Å². The van der Waals surface area contributed by atoms with Crippen LogP contribution >= 0.6 is 15.9 Å². The molecule has 0 atom stereocenters. The molecule has 0 spiro atoms. The highest BCUT2D eigenvalue weighted by atomic mass is 79.9. The number of nitrogens with zero attached hydrogens (tertiary/aromatic N) is 1. The molecule has 1 heterocycles. The van der Waals surface area contributed by atoms with Crippen LogP contribution in [0.15, 0.2) is 59.1 Å². The van der Waals surface area contributed by atoms with Gasteiger partial charge in [0.05, 0.1) is 0 Å². The number of carbonyl (C=O) groups excluding carboxylic acids is 1. The van der Waals surface area contributed by atoms with Gasteiger partial charge in [-0.1, -0.05) is 40.2 Å². The zero-order valence-corrected chi connectivity index (χ0v) is 15.7. The van der Waals surface area contributed by atoms with E-state index in [0.29, 0.717) is 6.61 Å². The summed E-state index contributed by atoms with van der Waals surface area (Å²) in [6.45, 7) is 3.43. The fraction of sp³-hybridized carbons (Fsp3) is 0.350. The normalized spacial score (nSPS) is 15.7. The van der Waals surface area contributed by atoms with E-state index in [9.17, 15) is 4.79 Å². The van der Waals surface area contributed by atoms with Gasteiger partial charge in [0.25, 0.3) is 0 Å². The largest absolute Gasteiger partial charge is 0.492 e. The first-order valence-corrected chi connectivity index (χ1v) is 9.46. The number of anilines is 1. The maximum atomic E-state index is 12.3. The van der Waals surface area contributed by atoms with Crippen molar-refractivity contribution >= 4 is 27.5 Å². The zero-order valence-electron chi connectivity index (χ0n) is 14.2. The number of piperidine rings is 1. The maximum absolute atomic E-state index is 12.3. The summed E-state index contributed by atoms with van der Waals surface area (Å²) in [5.74, 6) is 1.12. The van der Waals surface area contributed by atoms with E-state index >= 15 is 0 Å². The molecule has 1 aliphatic rings. The van der Waals surface area contributed by atoms with Gasteiger partial charge in [-0.15, -0.1) is 0 Å². The summed E-state index contributed by atoms with van der Waals surface area (Å²) < 4.78 is 6.82. The van der Waals surface area contributed by atoms with Crippen molar-refractivity contribution in [1.29, 1.82) is 0 Å². The number of likely N-dealkylation sites (tertiary alicyclic amines) is 1. The summed E-state index contributed by atoms with van der Waals surface area (Å²) >= 11 is 3.45. The van der Waals surface area contributed by atoms with E-state index in [1.165, 1.54) is 0 Å². The number of hydrogen-bond donors (Lipinski definition) is 1. The lowest BCUT2D eigenvalue weighted by Gasteiger charge is -2.31. The molecule has 2 aromatic carbocycles. The van der Waals surface area contributed by atoms with Crippen LogP contribution in [0.25, 0.3) is 0 Å². The predicted octanol–water partition coefficient (Wildman–Crippen LogP) is 4.18. The van der Waals surface area contributed by atoms with Crippen LogP contribution in [0.3, 0.4) is 0 Å². The van der Waals surface area contributed by atoms with Crippen LogP contribution in [0.1, 0.15) is 12.8 Å². The first-order chi connectivity index (χ1) is 12.2. The number of para-hydroxylation sites is 1. The molecule has 5 heteroatoms. The number of halogens is 1. The second-order valence-electron chi connectivity index (χ2n) is 6.28. The molecule has 1 saturated heterocycles. The van der Waals surface area contributed by atoms with Gasteiger partial charge in [-0.25, -0.2) is 0 Å². The molecule has 4 nitrogen and oxygen atoms in total. The Kier molecular flexibility index (Phi) is 6.48. The van der Waals surface area contributed by atoms with Gasteiger partial charge in [-0.05, 0) is 56.3 Å². The molecule has 1 amide bonds. The van der Waals surface area contributed by atoms with Crippen LogP contribution in [0.4, 0.5) is 5.69 Å². The lowest BCUT2D eigenvalue weighted by atomic mass is 9.96. The van der Waals surface area contributed by atoms with Crippen molar-refractivity contribution in [1.82, 2.24) is 4.90 Å². The van der Waals surface area contributed by atoms with Gasteiger partial charge in [0.1, 0.15) is 12.4 Å². The maximum Gasteiger partial charge on any atom is 0.227 e.